The van der Waals surface area contributed by atoms with Crippen molar-refractivity contribution >= 4 is 17.8 Å². The number of aromatic nitrogens is 1. The first kappa shape index (κ1) is 22.2. The summed E-state index contributed by atoms with van der Waals surface area (Å²) in [4.78, 5) is 46.2. The molecule has 2 aliphatic rings. The van der Waals surface area contributed by atoms with Crippen LogP contribution in [-0.2, 0) is 16.1 Å². The van der Waals surface area contributed by atoms with Gasteiger partial charge in [-0.1, -0.05) is 26.8 Å². The predicted octanol–water partition coefficient (Wildman–Crippen LogP) is 3.35. The Morgan fingerprint density at radius 1 is 1.27 bits per heavy atom. The van der Waals surface area contributed by atoms with Crippen molar-refractivity contribution in [2.24, 2.45) is 11.8 Å². The van der Waals surface area contributed by atoms with Gasteiger partial charge in [-0.25, -0.2) is 4.79 Å². The number of imide groups is 1. The Balaban J connectivity index is 1.78. The zero-order valence-corrected chi connectivity index (χ0v) is 18.4. The van der Waals surface area contributed by atoms with Crippen molar-refractivity contribution in [2.45, 2.75) is 71.4 Å². The predicted molar refractivity (Wildman–Crippen MR) is 114 cm³/mol. The van der Waals surface area contributed by atoms with Crippen molar-refractivity contribution in [1.29, 1.82) is 0 Å². The normalized spacial score (nSPS) is 22.7. The summed E-state index contributed by atoms with van der Waals surface area (Å²) in [5.74, 6) is 0.512. The molecule has 0 unspecified atom stereocenters. The van der Waals surface area contributed by atoms with E-state index in [0.29, 0.717) is 37.5 Å². The zero-order chi connectivity index (χ0) is 21.7. The number of urea groups is 1. The Morgan fingerprint density at radius 3 is 2.60 bits per heavy atom. The van der Waals surface area contributed by atoms with E-state index in [0.717, 1.165) is 25.7 Å². The Kier molecular flexibility index (Phi) is 7.10. The molecule has 4 amide bonds. The van der Waals surface area contributed by atoms with Gasteiger partial charge < -0.3 is 10.2 Å². The number of hydrogen-bond acceptors (Lipinski definition) is 4. The van der Waals surface area contributed by atoms with Crippen molar-refractivity contribution in [3.8, 4) is 0 Å². The number of carbonyl (C=O) groups excluding carboxylic acids is 3. The highest BCUT2D eigenvalue weighted by atomic mass is 16.2. The third-order valence-electron chi connectivity index (χ3n) is 6.37. The van der Waals surface area contributed by atoms with Crippen LogP contribution in [0.25, 0.3) is 0 Å². The van der Waals surface area contributed by atoms with Crippen LogP contribution < -0.4 is 5.32 Å². The number of pyridine rings is 1. The summed E-state index contributed by atoms with van der Waals surface area (Å²) >= 11 is 0. The molecule has 2 fully saturated rings. The van der Waals surface area contributed by atoms with E-state index in [2.05, 4.69) is 24.1 Å². The highest BCUT2D eigenvalue weighted by Crippen LogP contribution is 2.38. The molecular weight excluding hydrogens is 380 g/mol. The molecule has 1 aromatic heterocycles. The fourth-order valence-electron chi connectivity index (χ4n) is 4.60. The maximum Gasteiger partial charge on any atom is 0.325 e. The fourth-order valence-corrected chi connectivity index (χ4v) is 4.60. The van der Waals surface area contributed by atoms with E-state index in [1.165, 1.54) is 4.90 Å². The molecule has 0 bridgehead atoms. The van der Waals surface area contributed by atoms with Crippen molar-refractivity contribution in [3.63, 3.8) is 0 Å². The maximum atomic E-state index is 13.6. The van der Waals surface area contributed by atoms with E-state index in [-0.39, 0.29) is 30.3 Å². The zero-order valence-electron chi connectivity index (χ0n) is 18.4. The lowest BCUT2D eigenvalue weighted by Crippen LogP contribution is -2.56. The minimum absolute atomic E-state index is 0.0344. The summed E-state index contributed by atoms with van der Waals surface area (Å²) < 4.78 is 0. The number of amides is 4. The second kappa shape index (κ2) is 9.58. The van der Waals surface area contributed by atoms with Crippen LogP contribution in [-0.4, -0.2) is 51.3 Å². The largest absolute Gasteiger partial charge is 0.343 e. The average molecular weight is 415 g/mol. The standard InChI is InChI=1S/C23H34N4O3/c1-4-7-20(28)26-14-10-18(11-15-26)23(12-9-17(2)3)21(29)27(22(30)25-23)16-19-8-5-6-13-24-19/h5-6,8,13,17-18H,4,7,9-12,14-16H2,1-3H3,(H,25,30)/t23-/m1/s1. The van der Waals surface area contributed by atoms with E-state index in [1.807, 2.05) is 30.0 Å². The van der Waals surface area contributed by atoms with Crippen LogP contribution in [0.5, 0.6) is 0 Å². The molecule has 7 nitrogen and oxygen atoms in total. The molecule has 0 spiro atoms. The first-order chi connectivity index (χ1) is 14.4. The Hall–Kier alpha value is -2.44. The van der Waals surface area contributed by atoms with Gasteiger partial charge in [0.15, 0.2) is 0 Å². The van der Waals surface area contributed by atoms with E-state index in [1.54, 1.807) is 6.20 Å². The summed E-state index contributed by atoms with van der Waals surface area (Å²) in [6, 6.07) is 5.16. The summed E-state index contributed by atoms with van der Waals surface area (Å²) in [6.07, 6.45) is 6.03. The SMILES string of the molecule is CCCC(=O)N1CCC([C@@]2(CCC(C)C)NC(=O)N(Cc3ccccn3)C2=O)CC1. The molecule has 0 radical (unpaired) electrons. The molecule has 1 aromatic rings. The van der Waals surface area contributed by atoms with Gasteiger partial charge >= 0.3 is 6.03 Å². The summed E-state index contributed by atoms with van der Waals surface area (Å²) in [5.41, 5.74) is -0.184. The van der Waals surface area contributed by atoms with Crippen LogP contribution in [0.3, 0.4) is 0 Å². The molecule has 1 atom stereocenters. The number of rotatable bonds is 8. The minimum Gasteiger partial charge on any atom is -0.343 e. The van der Waals surface area contributed by atoms with Crippen molar-refractivity contribution in [1.82, 2.24) is 20.1 Å². The first-order valence-electron chi connectivity index (χ1n) is 11.2. The van der Waals surface area contributed by atoms with Gasteiger partial charge in [0.05, 0.1) is 12.2 Å². The number of hydrogen-bond donors (Lipinski definition) is 1. The molecule has 2 aliphatic heterocycles. The quantitative estimate of drug-likeness (QED) is 0.662. The Labute approximate surface area is 179 Å². The molecule has 0 saturated carbocycles. The molecule has 3 heterocycles. The van der Waals surface area contributed by atoms with Crippen LogP contribution in [0.1, 0.15) is 65.0 Å². The van der Waals surface area contributed by atoms with E-state index in [9.17, 15) is 14.4 Å². The molecule has 1 N–H and O–H groups in total. The number of likely N-dealkylation sites (tertiary alicyclic amines) is 1. The number of nitrogens with zero attached hydrogens (tertiary/aromatic N) is 3. The highest BCUT2D eigenvalue weighted by molar-refractivity contribution is 6.07. The van der Waals surface area contributed by atoms with Gasteiger partial charge in [0, 0.05) is 25.7 Å². The second-order valence-corrected chi connectivity index (χ2v) is 8.95. The van der Waals surface area contributed by atoms with Gasteiger partial charge in [-0.2, -0.15) is 0 Å². The molecule has 30 heavy (non-hydrogen) atoms. The first-order valence-corrected chi connectivity index (χ1v) is 11.2. The van der Waals surface area contributed by atoms with Crippen LogP contribution in [0.2, 0.25) is 0 Å². The smallest absolute Gasteiger partial charge is 0.325 e. The lowest BCUT2D eigenvalue weighted by Gasteiger charge is -2.41. The van der Waals surface area contributed by atoms with Crippen LogP contribution in [0.15, 0.2) is 24.4 Å². The molecule has 7 heteroatoms. The van der Waals surface area contributed by atoms with Gasteiger partial charge in [0.2, 0.25) is 5.91 Å². The molecule has 0 aromatic carbocycles. The number of piperidine rings is 1. The van der Waals surface area contributed by atoms with E-state index in [4.69, 9.17) is 0 Å². The molecule has 2 saturated heterocycles. The van der Waals surface area contributed by atoms with Crippen LogP contribution in [0, 0.1) is 11.8 Å². The molecule has 3 rings (SSSR count). The van der Waals surface area contributed by atoms with Crippen LogP contribution in [0.4, 0.5) is 4.79 Å². The Bertz CT molecular complexity index is 759. The summed E-state index contributed by atoms with van der Waals surface area (Å²) in [7, 11) is 0. The van der Waals surface area contributed by atoms with Gasteiger partial charge in [0.1, 0.15) is 5.54 Å². The van der Waals surface area contributed by atoms with Gasteiger partial charge in [-0.05, 0) is 56.1 Å². The van der Waals surface area contributed by atoms with Gasteiger partial charge in [-0.15, -0.1) is 0 Å². The topological polar surface area (TPSA) is 82.6 Å². The van der Waals surface area contributed by atoms with Crippen molar-refractivity contribution in [2.75, 3.05) is 13.1 Å². The monoisotopic (exact) mass is 414 g/mol. The van der Waals surface area contributed by atoms with Crippen LogP contribution >= 0.6 is 0 Å². The lowest BCUT2D eigenvalue weighted by molar-refractivity contribution is -0.136. The van der Waals surface area contributed by atoms with E-state index < -0.39 is 5.54 Å². The van der Waals surface area contributed by atoms with E-state index >= 15 is 0 Å². The Morgan fingerprint density at radius 2 is 2.00 bits per heavy atom. The maximum absolute atomic E-state index is 13.6. The average Bonchev–Trinajstić information content (AvgIpc) is 2.98. The fraction of sp³-hybridized carbons (Fsp3) is 0.652. The number of nitrogens with one attached hydrogen (secondary N) is 1. The summed E-state index contributed by atoms with van der Waals surface area (Å²) in [6.45, 7) is 7.75. The highest BCUT2D eigenvalue weighted by Gasteiger charge is 2.55. The summed E-state index contributed by atoms with van der Waals surface area (Å²) in [5, 5.41) is 3.09. The van der Waals surface area contributed by atoms with Crippen molar-refractivity contribution in [3.05, 3.63) is 30.1 Å². The lowest BCUT2D eigenvalue weighted by atomic mass is 9.73. The minimum atomic E-state index is -0.879. The van der Waals surface area contributed by atoms with Gasteiger partial charge in [-0.3, -0.25) is 19.5 Å². The molecular formula is C23H34N4O3. The van der Waals surface area contributed by atoms with Gasteiger partial charge in [0.25, 0.3) is 5.91 Å². The third-order valence-corrected chi connectivity index (χ3v) is 6.37. The third kappa shape index (κ3) is 4.65. The molecule has 164 valence electrons. The molecule has 0 aliphatic carbocycles. The number of carbonyl (C=O) groups is 3. The second-order valence-electron chi connectivity index (χ2n) is 8.95. The van der Waals surface area contributed by atoms with Crippen molar-refractivity contribution < 1.29 is 14.4 Å².